The maximum Gasteiger partial charge on any atom is 0.415 e. The minimum absolute atomic E-state index is 0.271. The molecular weight excluding hydrogens is 456 g/mol. The van der Waals surface area contributed by atoms with Crippen molar-refractivity contribution in [3.63, 3.8) is 0 Å². The van der Waals surface area contributed by atoms with Gasteiger partial charge in [-0.25, -0.2) is 4.79 Å². The van der Waals surface area contributed by atoms with Gasteiger partial charge in [0.05, 0.1) is 40.9 Å². The quantitative estimate of drug-likeness (QED) is 0.308. The number of aliphatic hydroxyl groups is 1. The van der Waals surface area contributed by atoms with Gasteiger partial charge in [0.25, 0.3) is 0 Å². The molecule has 0 unspecified atom stereocenters. The number of cyclic esters (lactones) is 1. The largest absolute Gasteiger partial charge is 0.493 e. The lowest BCUT2D eigenvalue weighted by Crippen LogP contribution is -2.35. The highest BCUT2D eigenvalue weighted by Gasteiger charge is 2.43. The highest BCUT2D eigenvalue weighted by Crippen LogP contribution is 2.38. The van der Waals surface area contributed by atoms with E-state index in [2.05, 4.69) is 21.1 Å². The van der Waals surface area contributed by atoms with Crippen molar-refractivity contribution in [1.82, 2.24) is 0 Å². The summed E-state index contributed by atoms with van der Waals surface area (Å²) in [6, 6.07) is 24.5. The minimum Gasteiger partial charge on any atom is -0.493 e. The van der Waals surface area contributed by atoms with E-state index < -0.39 is 18.2 Å². The molecule has 3 aromatic rings. The summed E-state index contributed by atoms with van der Waals surface area (Å²) >= 11 is 0. The first-order chi connectivity index (χ1) is 17.3. The van der Waals surface area contributed by atoms with Crippen LogP contribution < -0.4 is 14.4 Å². The van der Waals surface area contributed by atoms with Gasteiger partial charge in [0, 0.05) is 12.1 Å². The lowest BCUT2D eigenvalue weighted by molar-refractivity contribution is -0.870. The molecule has 36 heavy (non-hydrogen) atoms. The van der Waals surface area contributed by atoms with Crippen LogP contribution in [0.3, 0.4) is 0 Å². The van der Waals surface area contributed by atoms with Crippen molar-refractivity contribution in [1.29, 1.82) is 0 Å². The molecule has 1 aliphatic heterocycles. The molecule has 0 radical (unpaired) electrons. The summed E-state index contributed by atoms with van der Waals surface area (Å²) in [5.74, 6) is 1.48. The average molecular weight is 492 g/mol. The molecule has 0 aliphatic carbocycles. The second kappa shape index (κ2) is 11.5. The van der Waals surface area contributed by atoms with Crippen LogP contribution >= 0.6 is 0 Å². The van der Waals surface area contributed by atoms with Crippen LogP contribution in [0.1, 0.15) is 23.6 Å². The number of anilines is 1. The molecule has 3 aromatic carbocycles. The second-order valence-electron chi connectivity index (χ2n) is 9.97. The Bertz CT molecular complexity index is 1110. The number of aliphatic hydroxyl groups excluding tert-OH is 1. The molecule has 0 aromatic heterocycles. The van der Waals surface area contributed by atoms with E-state index >= 15 is 0 Å². The van der Waals surface area contributed by atoms with Crippen LogP contribution in [-0.4, -0.2) is 62.7 Å². The number of hydrogen-bond acceptors (Lipinski definition) is 5. The first-order valence-corrected chi connectivity index (χ1v) is 12.2. The number of carbonyl (C=O) groups is 1. The monoisotopic (exact) mass is 491 g/mol. The Kier molecular flexibility index (Phi) is 8.13. The third-order valence-corrected chi connectivity index (χ3v) is 6.09. The third kappa shape index (κ3) is 6.56. The molecular formula is C29H35N2O5+. The molecule has 0 saturated carbocycles. The molecule has 1 heterocycles. The molecule has 7 nitrogen and oxygen atoms in total. The summed E-state index contributed by atoms with van der Waals surface area (Å²) in [5, 5.41) is 9.92. The number of carbonyl (C=O) groups excluding carboxylic acids is 1. The molecule has 1 aliphatic rings. The summed E-state index contributed by atoms with van der Waals surface area (Å²) in [6.07, 6.45) is -0.199. The van der Waals surface area contributed by atoms with Crippen LogP contribution in [0.15, 0.2) is 78.9 Å². The molecule has 7 heteroatoms. The number of nitrogens with zero attached hydrogens (tertiary/aromatic N) is 2. The Balaban J connectivity index is 1.43. The molecule has 1 fully saturated rings. The Labute approximate surface area is 213 Å². The van der Waals surface area contributed by atoms with Crippen molar-refractivity contribution < 1.29 is 28.6 Å². The zero-order valence-electron chi connectivity index (χ0n) is 21.2. The van der Waals surface area contributed by atoms with Crippen LogP contribution in [0.5, 0.6) is 11.5 Å². The molecule has 1 saturated heterocycles. The van der Waals surface area contributed by atoms with Gasteiger partial charge in [-0.15, -0.1) is 0 Å². The standard InChI is InChI=1S/C29H35N2O5/c1-31(2,3)18-7-19-34-25-16-12-24(13-17-25)30-28(27(20-32)36-29(30)33)23-10-14-26(15-11-23)35-21-22-8-5-4-6-9-22/h4-6,8-17,27-28,32H,7,18-21H2,1-3H3/q+1/t27-,28-/m1/s1. The molecule has 2 atom stereocenters. The summed E-state index contributed by atoms with van der Waals surface area (Å²) in [7, 11) is 6.47. The van der Waals surface area contributed by atoms with Gasteiger partial charge >= 0.3 is 6.09 Å². The fourth-order valence-electron chi connectivity index (χ4n) is 4.23. The van der Waals surface area contributed by atoms with Gasteiger partial charge in [-0.2, -0.15) is 0 Å². The summed E-state index contributed by atoms with van der Waals surface area (Å²) < 4.78 is 18.2. The average Bonchev–Trinajstić information content (AvgIpc) is 3.22. The Morgan fingerprint density at radius 1 is 0.889 bits per heavy atom. The van der Waals surface area contributed by atoms with E-state index in [-0.39, 0.29) is 6.61 Å². The second-order valence-corrected chi connectivity index (χ2v) is 9.97. The zero-order chi connectivity index (χ0) is 25.5. The highest BCUT2D eigenvalue weighted by atomic mass is 16.6. The van der Waals surface area contributed by atoms with Gasteiger partial charge in [-0.3, -0.25) is 4.90 Å². The molecule has 190 valence electrons. The minimum atomic E-state index is -0.667. The Hall–Kier alpha value is -3.55. The summed E-state index contributed by atoms with van der Waals surface area (Å²) in [5.41, 5.74) is 2.63. The Morgan fingerprint density at radius 3 is 2.17 bits per heavy atom. The fourth-order valence-corrected chi connectivity index (χ4v) is 4.23. The fraction of sp³-hybridized carbons (Fsp3) is 0.345. The van der Waals surface area contributed by atoms with E-state index in [1.807, 2.05) is 78.9 Å². The van der Waals surface area contributed by atoms with Crippen LogP contribution in [0, 0.1) is 0 Å². The van der Waals surface area contributed by atoms with Gasteiger partial charge in [0.15, 0.2) is 6.10 Å². The van der Waals surface area contributed by atoms with E-state index in [4.69, 9.17) is 14.2 Å². The van der Waals surface area contributed by atoms with Crippen LogP contribution in [-0.2, 0) is 11.3 Å². The number of hydrogen-bond donors (Lipinski definition) is 1. The molecule has 1 amide bonds. The summed E-state index contributed by atoms with van der Waals surface area (Å²) in [4.78, 5) is 14.4. The van der Waals surface area contributed by atoms with Gasteiger partial charge in [-0.05, 0) is 47.5 Å². The van der Waals surface area contributed by atoms with Crippen LogP contribution in [0.4, 0.5) is 10.5 Å². The number of quaternary nitrogens is 1. The molecule has 0 spiro atoms. The van der Waals surface area contributed by atoms with E-state index in [9.17, 15) is 9.90 Å². The first kappa shape index (κ1) is 25.5. The van der Waals surface area contributed by atoms with Gasteiger partial charge in [0.1, 0.15) is 24.1 Å². The van der Waals surface area contributed by atoms with E-state index in [0.29, 0.717) is 18.9 Å². The van der Waals surface area contributed by atoms with Crippen LogP contribution in [0.25, 0.3) is 0 Å². The zero-order valence-corrected chi connectivity index (χ0v) is 21.2. The predicted molar refractivity (Wildman–Crippen MR) is 139 cm³/mol. The molecule has 1 N–H and O–H groups in total. The lowest BCUT2D eigenvalue weighted by Gasteiger charge is -2.25. The predicted octanol–water partition coefficient (Wildman–Crippen LogP) is 4.80. The number of benzene rings is 3. The SMILES string of the molecule is C[N+](C)(C)CCCOc1ccc(N2C(=O)O[C@H](CO)[C@H]2c2ccc(OCc3ccccc3)cc2)cc1. The van der Waals surface area contributed by atoms with E-state index in [0.717, 1.165) is 40.1 Å². The van der Waals surface area contributed by atoms with Gasteiger partial charge < -0.3 is 23.8 Å². The van der Waals surface area contributed by atoms with Crippen molar-refractivity contribution in [2.75, 3.05) is 45.8 Å². The van der Waals surface area contributed by atoms with Crippen molar-refractivity contribution >= 4 is 11.8 Å². The van der Waals surface area contributed by atoms with Crippen molar-refractivity contribution in [3.05, 3.63) is 90.0 Å². The smallest absolute Gasteiger partial charge is 0.415 e. The Morgan fingerprint density at radius 2 is 1.53 bits per heavy atom. The van der Waals surface area contributed by atoms with Crippen molar-refractivity contribution in [2.45, 2.75) is 25.2 Å². The van der Waals surface area contributed by atoms with E-state index in [1.165, 1.54) is 0 Å². The maximum absolute atomic E-state index is 12.8. The highest BCUT2D eigenvalue weighted by molar-refractivity contribution is 5.91. The van der Waals surface area contributed by atoms with Gasteiger partial charge in [-0.1, -0.05) is 42.5 Å². The normalized spacial score (nSPS) is 17.7. The number of amides is 1. The molecule has 4 rings (SSSR count). The van der Waals surface area contributed by atoms with E-state index in [1.54, 1.807) is 4.90 Å². The summed E-state index contributed by atoms with van der Waals surface area (Å²) in [6.45, 7) is 1.86. The van der Waals surface area contributed by atoms with Gasteiger partial charge in [0.2, 0.25) is 0 Å². The van der Waals surface area contributed by atoms with Crippen LogP contribution in [0.2, 0.25) is 0 Å². The van der Waals surface area contributed by atoms with Crippen molar-refractivity contribution in [3.8, 4) is 11.5 Å². The number of rotatable bonds is 11. The lowest BCUT2D eigenvalue weighted by atomic mass is 10.0. The first-order valence-electron chi connectivity index (χ1n) is 12.2. The van der Waals surface area contributed by atoms with Crippen molar-refractivity contribution in [2.24, 2.45) is 0 Å². The maximum atomic E-state index is 12.8. The molecule has 0 bridgehead atoms. The third-order valence-electron chi connectivity index (χ3n) is 6.09. The topological polar surface area (TPSA) is 68.2 Å². The number of ether oxygens (including phenoxy) is 3.